The van der Waals surface area contributed by atoms with Gasteiger partial charge in [0.05, 0.1) is 39.3 Å². The number of carbonyl (C=O) groups is 1. The number of thiazole rings is 1. The van der Waals surface area contributed by atoms with Crippen LogP contribution in [0.2, 0.25) is 0 Å². The second-order valence-corrected chi connectivity index (χ2v) is 9.08. The summed E-state index contributed by atoms with van der Waals surface area (Å²) in [5.41, 5.74) is 1.89. The van der Waals surface area contributed by atoms with E-state index in [4.69, 9.17) is 0 Å². The van der Waals surface area contributed by atoms with Crippen molar-refractivity contribution in [3.8, 4) is 0 Å². The fourth-order valence-electron chi connectivity index (χ4n) is 3.08. The molecule has 7 nitrogen and oxygen atoms in total. The zero-order chi connectivity index (χ0) is 22.6. The molecule has 1 fully saturated rings. The number of carbonyl (C=O) groups excluding carboxylic acids is 1. The Kier molecular flexibility index (Phi) is 7.39. The Balaban J connectivity index is 1.54. The Morgan fingerprint density at radius 3 is 2.87 bits per heavy atom. The van der Waals surface area contributed by atoms with Gasteiger partial charge >= 0.3 is 0 Å². The highest BCUT2D eigenvalue weighted by Crippen LogP contribution is 2.29. The summed E-state index contributed by atoms with van der Waals surface area (Å²) in [7, 11) is 0. The lowest BCUT2D eigenvalue weighted by Gasteiger charge is -2.35. The summed E-state index contributed by atoms with van der Waals surface area (Å²) in [6.45, 7) is 6.78. The molecule has 0 radical (unpaired) electrons. The molecule has 166 valence electrons. The highest BCUT2D eigenvalue weighted by Gasteiger charge is 2.45. The van der Waals surface area contributed by atoms with Crippen molar-refractivity contribution in [3.63, 3.8) is 0 Å². The molecule has 1 unspecified atom stereocenters. The molecule has 1 saturated heterocycles. The number of aliphatic imine (C=N–C) groups is 1. The van der Waals surface area contributed by atoms with Crippen molar-refractivity contribution in [2.45, 2.75) is 32.3 Å². The Morgan fingerprint density at radius 2 is 2.29 bits per heavy atom. The van der Waals surface area contributed by atoms with Gasteiger partial charge in [0.25, 0.3) is 11.8 Å². The Morgan fingerprint density at radius 1 is 1.52 bits per heavy atom. The van der Waals surface area contributed by atoms with Gasteiger partial charge in [0.1, 0.15) is 11.9 Å². The standard InChI is InChI=1S/C20H23F2N5O2S2/c1-12-18(31-13(2)26-12)15(23-3)9-30-11-25-17-5-4-14(8-24-17)19(29)27-7-6-16(28)20(21,22)10-27/h4-5,8-9,16,28H,3,6-7,10-11H2,1-2H3,(H,24,25)/b15-9-. The third kappa shape index (κ3) is 5.66. The molecule has 1 aliphatic heterocycles. The van der Waals surface area contributed by atoms with Gasteiger partial charge in [-0.15, -0.1) is 23.1 Å². The predicted molar refractivity (Wildman–Crippen MR) is 121 cm³/mol. The molecule has 0 saturated carbocycles. The van der Waals surface area contributed by atoms with Crippen LogP contribution >= 0.6 is 23.1 Å². The number of alkyl halides is 2. The van der Waals surface area contributed by atoms with E-state index in [-0.39, 0.29) is 18.5 Å². The summed E-state index contributed by atoms with van der Waals surface area (Å²) in [5.74, 6) is -2.77. The van der Waals surface area contributed by atoms with E-state index in [0.29, 0.717) is 11.7 Å². The second kappa shape index (κ2) is 9.84. The smallest absolute Gasteiger partial charge is 0.290 e. The molecule has 0 spiro atoms. The van der Waals surface area contributed by atoms with E-state index in [2.05, 4.69) is 27.0 Å². The lowest BCUT2D eigenvalue weighted by Crippen LogP contribution is -2.53. The van der Waals surface area contributed by atoms with Crippen LogP contribution in [0.15, 0.2) is 28.7 Å². The van der Waals surface area contributed by atoms with Crippen molar-refractivity contribution < 1.29 is 18.7 Å². The van der Waals surface area contributed by atoms with Gasteiger partial charge in [-0.1, -0.05) is 0 Å². The topological polar surface area (TPSA) is 90.7 Å². The number of nitrogens with one attached hydrogen (secondary N) is 1. The van der Waals surface area contributed by atoms with Gasteiger partial charge in [-0.2, -0.15) is 0 Å². The molecule has 11 heteroatoms. The Bertz CT molecular complexity index is 978. The van der Waals surface area contributed by atoms with Crippen molar-refractivity contribution in [2.24, 2.45) is 4.99 Å². The van der Waals surface area contributed by atoms with E-state index >= 15 is 0 Å². The van der Waals surface area contributed by atoms with Crippen LogP contribution in [0.25, 0.3) is 5.70 Å². The number of likely N-dealkylation sites (tertiary alicyclic amines) is 1. The number of rotatable bonds is 7. The maximum atomic E-state index is 13.7. The lowest BCUT2D eigenvalue weighted by molar-refractivity contribution is -0.142. The number of piperidine rings is 1. The zero-order valence-electron chi connectivity index (χ0n) is 17.1. The fourth-order valence-corrected chi connectivity index (χ4v) is 4.72. The summed E-state index contributed by atoms with van der Waals surface area (Å²) >= 11 is 3.04. The number of pyridine rings is 1. The van der Waals surface area contributed by atoms with Crippen LogP contribution in [0.3, 0.4) is 0 Å². The van der Waals surface area contributed by atoms with Gasteiger partial charge in [-0.25, -0.2) is 18.7 Å². The van der Waals surface area contributed by atoms with Crippen LogP contribution in [-0.4, -0.2) is 63.6 Å². The first-order valence-electron chi connectivity index (χ1n) is 9.49. The van der Waals surface area contributed by atoms with E-state index in [9.17, 15) is 18.7 Å². The van der Waals surface area contributed by atoms with E-state index in [1.54, 1.807) is 23.5 Å². The minimum absolute atomic E-state index is 0.0804. The Labute approximate surface area is 187 Å². The molecule has 2 N–H and O–H groups in total. The summed E-state index contributed by atoms with van der Waals surface area (Å²) < 4.78 is 27.4. The molecule has 31 heavy (non-hydrogen) atoms. The zero-order valence-corrected chi connectivity index (χ0v) is 18.8. The summed E-state index contributed by atoms with van der Waals surface area (Å²) in [5, 5.41) is 15.3. The number of nitrogens with zero attached hydrogens (tertiary/aromatic N) is 4. The van der Waals surface area contributed by atoms with Gasteiger partial charge in [-0.3, -0.25) is 9.79 Å². The molecule has 0 bridgehead atoms. The van der Waals surface area contributed by atoms with E-state index in [1.807, 2.05) is 19.3 Å². The fraction of sp³-hybridized carbons (Fsp3) is 0.400. The van der Waals surface area contributed by atoms with Crippen molar-refractivity contribution >= 4 is 47.2 Å². The number of aliphatic hydroxyl groups excluding tert-OH is 1. The number of anilines is 1. The molecule has 2 aromatic heterocycles. The van der Waals surface area contributed by atoms with Crippen LogP contribution in [0.5, 0.6) is 0 Å². The Hall–Kier alpha value is -2.37. The van der Waals surface area contributed by atoms with Crippen LogP contribution in [-0.2, 0) is 0 Å². The lowest BCUT2D eigenvalue weighted by atomic mass is 10.0. The van der Waals surface area contributed by atoms with Crippen LogP contribution in [0.4, 0.5) is 14.6 Å². The monoisotopic (exact) mass is 467 g/mol. The second-order valence-electron chi connectivity index (χ2n) is 7.02. The average Bonchev–Trinajstić information content (AvgIpc) is 3.07. The van der Waals surface area contributed by atoms with Crippen LogP contribution in [0.1, 0.15) is 32.4 Å². The molecule has 1 atom stereocenters. The average molecular weight is 468 g/mol. The summed E-state index contributed by atoms with van der Waals surface area (Å²) in [6, 6.07) is 3.17. The van der Waals surface area contributed by atoms with Crippen molar-refractivity contribution in [2.75, 3.05) is 24.3 Å². The van der Waals surface area contributed by atoms with E-state index in [0.717, 1.165) is 26.2 Å². The molecule has 1 aliphatic rings. The first-order chi connectivity index (χ1) is 14.7. The number of amides is 1. The molecule has 0 aliphatic carbocycles. The predicted octanol–water partition coefficient (Wildman–Crippen LogP) is 3.80. The maximum Gasteiger partial charge on any atom is 0.290 e. The normalized spacial score (nSPS) is 18.7. The molecule has 0 aromatic carbocycles. The molecular weight excluding hydrogens is 444 g/mol. The maximum absolute atomic E-state index is 13.7. The van der Waals surface area contributed by atoms with Crippen molar-refractivity contribution in [3.05, 3.63) is 44.9 Å². The third-order valence-corrected chi connectivity index (χ3v) is 6.49. The van der Waals surface area contributed by atoms with E-state index in [1.165, 1.54) is 18.0 Å². The van der Waals surface area contributed by atoms with Gasteiger partial charge in [0.15, 0.2) is 0 Å². The van der Waals surface area contributed by atoms with Crippen molar-refractivity contribution in [1.82, 2.24) is 14.9 Å². The third-order valence-electron chi connectivity index (χ3n) is 4.70. The highest BCUT2D eigenvalue weighted by molar-refractivity contribution is 8.02. The first kappa shape index (κ1) is 23.3. The highest BCUT2D eigenvalue weighted by atomic mass is 32.2. The van der Waals surface area contributed by atoms with Gasteiger partial charge in [0.2, 0.25) is 0 Å². The first-order valence-corrected chi connectivity index (χ1v) is 11.4. The van der Waals surface area contributed by atoms with Gasteiger partial charge < -0.3 is 15.3 Å². The number of aromatic nitrogens is 2. The minimum Gasteiger partial charge on any atom is -0.387 e. The van der Waals surface area contributed by atoms with Crippen LogP contribution in [0, 0.1) is 13.8 Å². The number of aliphatic hydroxyl groups is 1. The number of hydrogen-bond donors (Lipinski definition) is 2. The van der Waals surface area contributed by atoms with Crippen LogP contribution < -0.4 is 5.32 Å². The number of hydrogen-bond acceptors (Lipinski definition) is 8. The SMILES string of the molecule is C=N/C(=C\SCNc1ccc(C(=O)N2CCC(O)C(F)(F)C2)cn1)c1sc(C)nc1C. The number of aryl methyl sites for hydroxylation is 2. The molecule has 2 aromatic rings. The summed E-state index contributed by atoms with van der Waals surface area (Å²) in [4.78, 5) is 27.1. The number of thioether (sulfide) groups is 1. The van der Waals surface area contributed by atoms with E-state index < -0.39 is 24.5 Å². The van der Waals surface area contributed by atoms with Gasteiger partial charge in [-0.05, 0) is 44.5 Å². The molecule has 3 heterocycles. The quantitative estimate of drug-likeness (QED) is 0.366. The summed E-state index contributed by atoms with van der Waals surface area (Å²) in [6.07, 6.45) is -0.513. The molecular formula is C20H23F2N5O2S2. The van der Waals surface area contributed by atoms with Gasteiger partial charge in [0, 0.05) is 12.7 Å². The molecule has 1 amide bonds. The molecule has 3 rings (SSSR count). The van der Waals surface area contributed by atoms with Crippen molar-refractivity contribution in [1.29, 1.82) is 0 Å². The number of halogens is 2. The minimum atomic E-state index is -3.30. The largest absolute Gasteiger partial charge is 0.387 e.